The smallest absolute Gasteiger partial charge is 0.204 e. The first kappa shape index (κ1) is 13.1. The lowest BCUT2D eigenvalue weighted by molar-refractivity contribution is 0.0806. The average Bonchev–Trinajstić information content (AvgIpc) is 2.69. The van der Waals surface area contributed by atoms with Crippen LogP contribution in [0.4, 0.5) is 0 Å². The highest BCUT2D eigenvalue weighted by molar-refractivity contribution is 6.03. The summed E-state index contributed by atoms with van der Waals surface area (Å²) in [7, 11) is 3.28. The van der Waals surface area contributed by atoms with Crippen molar-refractivity contribution in [1.82, 2.24) is 9.78 Å². The lowest BCUT2D eigenvalue weighted by Crippen LogP contribution is -2.51. The van der Waals surface area contributed by atoms with Gasteiger partial charge in [0.05, 0.1) is 18.8 Å². The highest BCUT2D eigenvalue weighted by Gasteiger charge is 2.40. The van der Waals surface area contributed by atoms with E-state index in [2.05, 4.69) is 12.0 Å². The Morgan fingerprint density at radius 2 is 2.39 bits per heavy atom. The van der Waals surface area contributed by atoms with Crippen molar-refractivity contribution in [2.75, 3.05) is 7.11 Å². The van der Waals surface area contributed by atoms with E-state index in [4.69, 9.17) is 10.5 Å². The van der Waals surface area contributed by atoms with Gasteiger partial charge in [0.15, 0.2) is 5.75 Å². The topological polar surface area (TPSA) is 70.1 Å². The van der Waals surface area contributed by atoms with E-state index in [-0.39, 0.29) is 5.78 Å². The average molecular weight is 251 g/mol. The van der Waals surface area contributed by atoms with Crippen LogP contribution < -0.4 is 10.5 Å². The predicted octanol–water partition coefficient (Wildman–Crippen LogP) is 1.52. The van der Waals surface area contributed by atoms with Crippen molar-refractivity contribution in [3.8, 4) is 5.75 Å². The third-order valence-electron chi connectivity index (χ3n) is 3.82. The molecule has 1 heterocycles. The van der Waals surface area contributed by atoms with Gasteiger partial charge < -0.3 is 10.5 Å². The van der Waals surface area contributed by atoms with Crippen molar-refractivity contribution in [2.45, 2.75) is 38.1 Å². The second-order valence-electron chi connectivity index (χ2n) is 5.37. The van der Waals surface area contributed by atoms with Gasteiger partial charge in [-0.1, -0.05) is 19.8 Å². The number of nitrogens with zero attached hydrogens (tertiary/aromatic N) is 2. The molecule has 0 bridgehead atoms. The van der Waals surface area contributed by atoms with Gasteiger partial charge in [-0.05, 0) is 18.8 Å². The fourth-order valence-electron chi connectivity index (χ4n) is 2.86. The maximum absolute atomic E-state index is 12.7. The molecule has 5 heteroatoms. The number of methoxy groups -OCH3 is 1. The number of ketones is 1. The van der Waals surface area contributed by atoms with Crippen LogP contribution in [-0.2, 0) is 7.05 Å². The SMILES string of the molecule is COc1cnn(C)c1C(=O)C1(N)CCCC(C)C1. The molecule has 5 nitrogen and oxygen atoms in total. The van der Waals surface area contributed by atoms with E-state index < -0.39 is 5.54 Å². The second-order valence-corrected chi connectivity index (χ2v) is 5.37. The monoisotopic (exact) mass is 251 g/mol. The minimum atomic E-state index is -0.765. The molecule has 1 aliphatic rings. The maximum Gasteiger partial charge on any atom is 0.204 e. The standard InChI is InChI=1S/C13H21N3O2/c1-9-5-4-6-13(14,7-9)12(17)11-10(18-3)8-15-16(11)2/h8-9H,4-7,14H2,1-3H3. The Bertz CT molecular complexity index is 455. The molecule has 1 aromatic rings. The van der Waals surface area contributed by atoms with Crippen molar-refractivity contribution < 1.29 is 9.53 Å². The minimum Gasteiger partial charge on any atom is -0.493 e. The van der Waals surface area contributed by atoms with Crippen LogP contribution in [0.25, 0.3) is 0 Å². The molecule has 0 aliphatic heterocycles. The number of carbonyl (C=O) groups excluding carboxylic acids is 1. The third-order valence-corrected chi connectivity index (χ3v) is 3.82. The molecule has 2 unspecified atom stereocenters. The summed E-state index contributed by atoms with van der Waals surface area (Å²) < 4.78 is 6.74. The number of hydrogen-bond acceptors (Lipinski definition) is 4. The zero-order valence-corrected chi connectivity index (χ0v) is 11.3. The molecule has 1 saturated carbocycles. The zero-order chi connectivity index (χ0) is 13.3. The Labute approximate surface area is 107 Å². The molecule has 100 valence electrons. The Hall–Kier alpha value is -1.36. The number of hydrogen-bond donors (Lipinski definition) is 1. The van der Waals surface area contributed by atoms with Gasteiger partial charge >= 0.3 is 0 Å². The van der Waals surface area contributed by atoms with Crippen LogP contribution in [0.1, 0.15) is 43.1 Å². The fraction of sp³-hybridized carbons (Fsp3) is 0.692. The molecule has 18 heavy (non-hydrogen) atoms. The Morgan fingerprint density at radius 1 is 1.67 bits per heavy atom. The Kier molecular flexibility index (Phi) is 3.43. The summed E-state index contributed by atoms with van der Waals surface area (Å²) in [5.41, 5.74) is 6.05. The number of ether oxygens (including phenoxy) is 1. The summed E-state index contributed by atoms with van der Waals surface area (Å²) >= 11 is 0. The number of aryl methyl sites for hydroxylation is 1. The van der Waals surface area contributed by atoms with E-state index in [0.29, 0.717) is 17.4 Å². The second kappa shape index (κ2) is 4.72. The lowest BCUT2D eigenvalue weighted by Gasteiger charge is -2.35. The molecule has 1 aromatic heterocycles. The molecule has 2 rings (SSSR count). The molecular weight excluding hydrogens is 230 g/mol. The van der Waals surface area contributed by atoms with Gasteiger partial charge in [-0.25, -0.2) is 0 Å². The van der Waals surface area contributed by atoms with Crippen molar-refractivity contribution >= 4 is 5.78 Å². The van der Waals surface area contributed by atoms with Crippen molar-refractivity contribution in [2.24, 2.45) is 18.7 Å². The van der Waals surface area contributed by atoms with Gasteiger partial charge in [-0.2, -0.15) is 5.10 Å². The summed E-state index contributed by atoms with van der Waals surface area (Å²) in [5.74, 6) is 0.948. The van der Waals surface area contributed by atoms with Gasteiger partial charge in [0.1, 0.15) is 5.69 Å². The molecule has 2 atom stereocenters. The van der Waals surface area contributed by atoms with Crippen LogP contribution in [-0.4, -0.2) is 28.2 Å². The van der Waals surface area contributed by atoms with E-state index >= 15 is 0 Å². The molecule has 1 aliphatic carbocycles. The Morgan fingerprint density at radius 3 is 3.00 bits per heavy atom. The summed E-state index contributed by atoms with van der Waals surface area (Å²) in [6, 6.07) is 0. The van der Waals surface area contributed by atoms with Crippen molar-refractivity contribution in [1.29, 1.82) is 0 Å². The van der Waals surface area contributed by atoms with Gasteiger partial charge in [0, 0.05) is 7.05 Å². The molecule has 0 aromatic carbocycles. The van der Waals surface area contributed by atoms with Crippen LogP contribution in [0, 0.1) is 5.92 Å². The quantitative estimate of drug-likeness (QED) is 0.827. The van der Waals surface area contributed by atoms with Gasteiger partial charge in [0.25, 0.3) is 0 Å². The summed E-state index contributed by atoms with van der Waals surface area (Å²) in [6.07, 6.45) is 5.19. The van der Waals surface area contributed by atoms with E-state index in [0.717, 1.165) is 25.7 Å². The molecule has 0 amide bonds. The zero-order valence-electron chi connectivity index (χ0n) is 11.3. The van der Waals surface area contributed by atoms with Crippen LogP contribution in [0.15, 0.2) is 6.20 Å². The highest BCUT2D eigenvalue weighted by atomic mass is 16.5. The molecule has 0 saturated heterocycles. The van der Waals surface area contributed by atoms with E-state index in [9.17, 15) is 4.79 Å². The third kappa shape index (κ3) is 2.14. The first-order chi connectivity index (χ1) is 8.48. The van der Waals surface area contributed by atoms with E-state index in [1.807, 2.05) is 0 Å². The summed E-state index contributed by atoms with van der Waals surface area (Å²) in [6.45, 7) is 2.15. The largest absolute Gasteiger partial charge is 0.493 e. The van der Waals surface area contributed by atoms with Gasteiger partial charge in [-0.15, -0.1) is 0 Å². The Balaban J connectivity index is 2.32. The number of nitrogens with two attached hydrogens (primary N) is 1. The molecule has 0 spiro atoms. The van der Waals surface area contributed by atoms with Crippen molar-refractivity contribution in [3.63, 3.8) is 0 Å². The first-order valence-electron chi connectivity index (χ1n) is 6.37. The minimum absolute atomic E-state index is 0.0501. The predicted molar refractivity (Wildman–Crippen MR) is 68.6 cm³/mol. The normalized spacial score (nSPS) is 28.1. The molecule has 1 fully saturated rings. The van der Waals surface area contributed by atoms with Crippen molar-refractivity contribution in [3.05, 3.63) is 11.9 Å². The first-order valence-corrected chi connectivity index (χ1v) is 6.37. The van der Waals surface area contributed by atoms with E-state index in [1.54, 1.807) is 25.0 Å². The molecular formula is C13H21N3O2. The van der Waals surface area contributed by atoms with Crippen LogP contribution in [0.2, 0.25) is 0 Å². The van der Waals surface area contributed by atoms with Crippen LogP contribution in [0.3, 0.4) is 0 Å². The molecule has 2 N–H and O–H groups in total. The number of carbonyl (C=O) groups is 1. The maximum atomic E-state index is 12.7. The van der Waals surface area contributed by atoms with Gasteiger partial charge in [0.2, 0.25) is 5.78 Å². The van der Waals surface area contributed by atoms with Gasteiger partial charge in [-0.3, -0.25) is 9.48 Å². The van der Waals surface area contributed by atoms with E-state index in [1.165, 1.54) is 0 Å². The molecule has 0 radical (unpaired) electrons. The number of rotatable bonds is 3. The summed E-state index contributed by atoms with van der Waals surface area (Å²) in [4.78, 5) is 12.7. The van der Waals surface area contributed by atoms with Crippen LogP contribution in [0.5, 0.6) is 5.75 Å². The summed E-state index contributed by atoms with van der Waals surface area (Å²) in [5, 5.41) is 4.07. The highest BCUT2D eigenvalue weighted by Crippen LogP contribution is 2.34. The number of aromatic nitrogens is 2. The lowest BCUT2D eigenvalue weighted by atomic mass is 9.74. The number of Topliss-reactive ketones (excluding diaryl/α,β-unsaturated/α-hetero) is 1. The fourth-order valence-corrected chi connectivity index (χ4v) is 2.86. The van der Waals surface area contributed by atoms with Crippen LogP contribution >= 0.6 is 0 Å².